The van der Waals surface area contributed by atoms with Crippen LogP contribution in [-0.2, 0) is 5.41 Å². The molecule has 16 aromatic carbocycles. The number of benzene rings is 16. The Morgan fingerprint density at radius 3 is 1.39 bits per heavy atom. The average molecular weight is 1280 g/mol. The van der Waals surface area contributed by atoms with Crippen molar-refractivity contribution in [3.05, 3.63) is 363 Å². The Morgan fingerprint density at radius 1 is 0.300 bits per heavy atom. The molecule has 2 aliphatic heterocycles. The summed E-state index contributed by atoms with van der Waals surface area (Å²) < 4.78 is 71.0. The fourth-order valence-corrected chi connectivity index (χ4v) is 15.8. The van der Waals surface area contributed by atoms with Gasteiger partial charge in [0.2, 0.25) is 0 Å². The second-order valence-corrected chi connectivity index (χ2v) is 27.4. The number of hydrogen-bond donors (Lipinski definition) is 0. The van der Waals surface area contributed by atoms with E-state index < -0.39 is 24.2 Å². The van der Waals surface area contributed by atoms with Crippen molar-refractivity contribution >= 4 is 101 Å². The topological polar surface area (TPSA) is 11.4 Å². The van der Waals surface area contributed by atoms with Gasteiger partial charge in [0.05, 0.1) is 32.0 Å². The van der Waals surface area contributed by atoms with Crippen molar-refractivity contribution in [2.45, 2.75) is 26.2 Å². The highest BCUT2D eigenvalue weighted by Gasteiger charge is 2.46. The third-order valence-corrected chi connectivity index (χ3v) is 20.5. The van der Waals surface area contributed by atoms with Crippen LogP contribution in [0.5, 0.6) is 0 Å². The summed E-state index contributed by atoms with van der Waals surface area (Å²) in [6.45, 7) is 6.42. The number of aromatic nitrogens is 1. The zero-order valence-corrected chi connectivity index (χ0v) is 55.4. The first kappa shape index (κ1) is 51.7. The molecule has 0 N–H and O–H groups in total. The van der Waals surface area contributed by atoms with Crippen molar-refractivity contribution in [2.24, 2.45) is 0 Å². The van der Waals surface area contributed by atoms with Crippen molar-refractivity contribution in [3.63, 3.8) is 0 Å². The van der Waals surface area contributed by atoms with Crippen molar-refractivity contribution in [2.75, 3.05) is 9.80 Å². The number of para-hydroxylation sites is 3. The Kier molecular flexibility index (Phi) is 12.2. The van der Waals surface area contributed by atoms with E-state index in [0.29, 0.717) is 11.3 Å². The highest BCUT2D eigenvalue weighted by molar-refractivity contribution is 7.00. The van der Waals surface area contributed by atoms with Gasteiger partial charge in [0.1, 0.15) is 0 Å². The summed E-state index contributed by atoms with van der Waals surface area (Å²) in [6.07, 6.45) is 0. The molecular weight excluding hydrogens is 1210 g/mol. The lowest BCUT2D eigenvalue weighted by molar-refractivity contribution is 0.590. The van der Waals surface area contributed by atoms with E-state index in [4.69, 9.17) is 0 Å². The molecule has 0 amide bonds. The van der Waals surface area contributed by atoms with Crippen LogP contribution in [0, 0.1) is 0 Å². The molecule has 0 fully saturated rings. The van der Waals surface area contributed by atoms with Gasteiger partial charge in [0, 0.05) is 61.5 Å². The van der Waals surface area contributed by atoms with Crippen LogP contribution in [0.25, 0.3) is 127 Å². The zero-order valence-electron chi connectivity index (χ0n) is 62.4. The molecule has 0 spiro atoms. The molecular formula is C96H68BN3. The molecule has 3 heterocycles. The maximum atomic E-state index is 10.7. The van der Waals surface area contributed by atoms with Crippen LogP contribution in [0.2, 0.25) is 0 Å². The average Bonchev–Trinajstić information content (AvgIpc) is 1.44. The molecule has 0 saturated heterocycles. The smallest absolute Gasteiger partial charge is 0.252 e. The van der Waals surface area contributed by atoms with E-state index in [1.807, 2.05) is 60.7 Å². The Morgan fingerprint density at radius 2 is 0.780 bits per heavy atom. The molecule has 100 heavy (non-hydrogen) atoms. The molecule has 0 atom stereocenters. The second-order valence-electron chi connectivity index (χ2n) is 27.4. The van der Waals surface area contributed by atoms with Crippen molar-refractivity contribution < 1.29 is 9.60 Å². The maximum absolute atomic E-state index is 10.7. The molecule has 3 nitrogen and oxygen atoms in total. The van der Waals surface area contributed by atoms with Gasteiger partial charge in [-0.3, -0.25) is 0 Å². The van der Waals surface area contributed by atoms with Gasteiger partial charge in [-0.05, 0) is 159 Å². The summed E-state index contributed by atoms with van der Waals surface area (Å²) >= 11 is 0. The Labute approximate surface area is 594 Å². The molecule has 19 rings (SSSR count). The molecule has 17 aromatic rings. The zero-order chi connectivity index (χ0) is 72.7. The number of anilines is 6. The third-order valence-electron chi connectivity index (χ3n) is 20.5. The SMILES string of the molecule is [2H]c1c([2H])c([2H])c2c(c1[2H])c1c([2H])c([2H])c(-c3cccc(-c4ccccc4)c3)c([2H])c1n2-c1ccc2c(c1)N(c1c(-c3ccccc3)cccc1-c1ccccc1)c1cc(C(C)(C)C)cc3c1B2c1cc(-c2ccccc2)ccc1N3c1c(-c2ccccc2)cccc1-c1ccc2ccc3ccccc3c2c1. The quantitative estimate of drug-likeness (QED) is 0.0999. The van der Waals surface area contributed by atoms with E-state index in [9.17, 15) is 9.60 Å². The van der Waals surface area contributed by atoms with Crippen LogP contribution in [0.1, 0.15) is 35.9 Å². The van der Waals surface area contributed by atoms with Crippen LogP contribution in [-0.4, -0.2) is 11.3 Å². The standard InChI is InChI=1S/C96H68BN3/c1-96(2,3)75-60-91-93-92(61-75)100(94-78(65-30-13-6-14-31-65)41-24-42-79(94)66-32-15-7-16-33-66)90-62-76(98-87-45-22-21-40-82(87)83-53-50-73(59-89(83)98)71-38-23-37-70(56-71)63-26-9-4-10-27-63)52-54-85(90)97(93)86-58-72(64-28-11-5-12-29-64)51-55-88(86)99(91)95-80(67-34-17-8-18-35-67)43-25-44-81(95)74-49-48-69-47-46-68-36-19-20-39-77(68)84(69)57-74/h4-62H,1-3H3/i21D,22D,40D,45D,50D,53D,59D. The minimum absolute atomic E-state index is 0.0738. The Balaban J connectivity index is 0.969. The van der Waals surface area contributed by atoms with Gasteiger partial charge in [0.15, 0.2) is 0 Å². The number of nitrogens with zero attached hydrogens (tertiary/aromatic N) is 3. The summed E-state index contributed by atoms with van der Waals surface area (Å²) in [4.78, 5) is 5.05. The van der Waals surface area contributed by atoms with Crippen LogP contribution < -0.4 is 26.2 Å². The first-order valence-corrected chi connectivity index (χ1v) is 34.3. The fourth-order valence-electron chi connectivity index (χ4n) is 15.8. The van der Waals surface area contributed by atoms with E-state index >= 15 is 0 Å². The normalized spacial score (nSPS) is 13.5. The predicted molar refractivity (Wildman–Crippen MR) is 427 cm³/mol. The van der Waals surface area contributed by atoms with Crippen molar-refractivity contribution in [3.8, 4) is 83.6 Å². The van der Waals surface area contributed by atoms with Gasteiger partial charge in [-0.1, -0.05) is 324 Å². The van der Waals surface area contributed by atoms with Crippen molar-refractivity contribution in [1.29, 1.82) is 0 Å². The van der Waals surface area contributed by atoms with Crippen LogP contribution in [0.4, 0.5) is 34.1 Å². The second kappa shape index (κ2) is 23.7. The molecule has 0 aliphatic carbocycles. The van der Waals surface area contributed by atoms with Gasteiger partial charge in [0.25, 0.3) is 6.71 Å². The van der Waals surface area contributed by atoms with E-state index in [0.717, 1.165) is 128 Å². The Hall–Kier alpha value is -12.5. The number of rotatable bonds is 10. The van der Waals surface area contributed by atoms with E-state index in [-0.39, 0.29) is 57.6 Å². The number of hydrogen-bond acceptors (Lipinski definition) is 2. The van der Waals surface area contributed by atoms with Crippen LogP contribution >= 0.6 is 0 Å². The van der Waals surface area contributed by atoms with Crippen molar-refractivity contribution in [1.82, 2.24) is 4.57 Å². The maximum Gasteiger partial charge on any atom is 0.252 e. The van der Waals surface area contributed by atoms with Gasteiger partial charge < -0.3 is 14.4 Å². The monoisotopic (exact) mass is 1280 g/mol. The van der Waals surface area contributed by atoms with Gasteiger partial charge in [-0.25, -0.2) is 0 Å². The molecule has 2 aliphatic rings. The van der Waals surface area contributed by atoms with E-state index in [1.165, 1.54) is 16.2 Å². The molecule has 0 saturated carbocycles. The predicted octanol–water partition coefficient (Wildman–Crippen LogP) is 24.1. The summed E-state index contributed by atoms with van der Waals surface area (Å²) in [6, 6.07) is 110. The lowest BCUT2D eigenvalue weighted by Gasteiger charge is -2.46. The van der Waals surface area contributed by atoms with E-state index in [2.05, 4.69) is 285 Å². The molecule has 4 heteroatoms. The van der Waals surface area contributed by atoms with E-state index in [1.54, 1.807) is 4.57 Å². The van der Waals surface area contributed by atoms with Gasteiger partial charge >= 0.3 is 0 Å². The highest BCUT2D eigenvalue weighted by Crippen LogP contribution is 2.54. The van der Waals surface area contributed by atoms with Gasteiger partial charge in [-0.15, -0.1) is 0 Å². The Bertz CT molecular complexity index is 6460. The molecule has 1 aromatic heterocycles. The highest BCUT2D eigenvalue weighted by atomic mass is 15.2. The first-order chi connectivity index (χ1) is 52.2. The summed E-state index contributed by atoms with van der Waals surface area (Å²) in [5.74, 6) is 0. The largest absolute Gasteiger partial charge is 0.310 e. The molecule has 0 bridgehead atoms. The van der Waals surface area contributed by atoms with Crippen LogP contribution in [0.3, 0.4) is 0 Å². The molecule has 470 valence electrons. The van der Waals surface area contributed by atoms with Crippen LogP contribution in [0.15, 0.2) is 358 Å². The lowest BCUT2D eigenvalue weighted by Crippen LogP contribution is -2.61. The summed E-state index contributed by atoms with van der Waals surface area (Å²) in [5, 5.41) is 4.87. The molecule has 0 unspecified atom stereocenters. The summed E-state index contributed by atoms with van der Waals surface area (Å²) in [5.41, 5.74) is 23.2. The third kappa shape index (κ3) is 9.73. The minimum Gasteiger partial charge on any atom is -0.310 e. The molecule has 0 radical (unpaired) electrons. The first-order valence-electron chi connectivity index (χ1n) is 37.8. The fraction of sp³-hybridized carbons (Fsp3) is 0.0417. The number of fused-ring (bicyclic) bond motifs is 10. The lowest BCUT2D eigenvalue weighted by atomic mass is 9.33. The summed E-state index contributed by atoms with van der Waals surface area (Å²) in [7, 11) is 0. The van der Waals surface area contributed by atoms with Gasteiger partial charge in [-0.2, -0.15) is 0 Å². The minimum atomic E-state index is -0.465.